The van der Waals surface area contributed by atoms with Gasteiger partial charge in [-0.05, 0) is 26.0 Å². The normalized spacial score (nSPS) is 10.4. The number of rotatable bonds is 8. The van der Waals surface area contributed by atoms with Gasteiger partial charge >= 0.3 is 6.03 Å². The summed E-state index contributed by atoms with van der Waals surface area (Å²) in [4.78, 5) is 25.2. The van der Waals surface area contributed by atoms with Gasteiger partial charge in [-0.3, -0.25) is 4.57 Å². The van der Waals surface area contributed by atoms with E-state index in [0.29, 0.717) is 41.9 Å². The number of amides is 2. The number of aryl methyl sites for hydroxylation is 2. The summed E-state index contributed by atoms with van der Waals surface area (Å²) in [6.45, 7) is 4.64. The molecule has 3 aromatic rings. The highest BCUT2D eigenvalue weighted by molar-refractivity contribution is 5.89. The molecule has 0 aliphatic heterocycles. The van der Waals surface area contributed by atoms with E-state index in [0.717, 1.165) is 11.6 Å². The number of hydrogen-bond donors (Lipinski definition) is 3. The van der Waals surface area contributed by atoms with Crippen molar-refractivity contribution >= 4 is 17.5 Å². The van der Waals surface area contributed by atoms with Crippen molar-refractivity contribution < 1.29 is 14.3 Å². The van der Waals surface area contributed by atoms with Gasteiger partial charge in [0.15, 0.2) is 11.5 Å². The minimum atomic E-state index is -0.322. The van der Waals surface area contributed by atoms with Crippen LogP contribution in [-0.4, -0.2) is 52.9 Å². The highest BCUT2D eigenvalue weighted by Gasteiger charge is 2.08. The molecule has 0 aliphatic rings. The first kappa shape index (κ1) is 20.9. The molecule has 3 rings (SSSR count). The lowest BCUT2D eigenvalue weighted by Crippen LogP contribution is -2.32. The number of hydrogen-bond acceptors (Lipinski definition) is 7. The van der Waals surface area contributed by atoms with Gasteiger partial charge in [-0.2, -0.15) is 0 Å². The standard InChI is InChI=1S/C20H25N7O3/c1-13-24-18(12-19(25-13)27-10-9-21-14(27)2)22-7-8-23-20(28)26-15-5-6-16(29-3)17(11-15)30-4/h5-6,9-12H,7-8H2,1-4H3,(H,22,24,25)(H2,23,26,28). The molecule has 0 aliphatic carbocycles. The third kappa shape index (κ3) is 5.16. The first-order valence-corrected chi connectivity index (χ1v) is 9.37. The number of benzene rings is 1. The lowest BCUT2D eigenvalue weighted by atomic mass is 10.3. The van der Waals surface area contributed by atoms with Crippen LogP contribution in [0.4, 0.5) is 16.3 Å². The highest BCUT2D eigenvalue weighted by atomic mass is 16.5. The molecule has 0 fully saturated rings. The monoisotopic (exact) mass is 411 g/mol. The van der Waals surface area contributed by atoms with Crippen molar-refractivity contribution in [3.05, 3.63) is 48.3 Å². The molecule has 30 heavy (non-hydrogen) atoms. The Morgan fingerprint density at radius 2 is 1.87 bits per heavy atom. The smallest absolute Gasteiger partial charge is 0.319 e. The summed E-state index contributed by atoms with van der Waals surface area (Å²) in [5.41, 5.74) is 0.602. The van der Waals surface area contributed by atoms with E-state index in [9.17, 15) is 4.79 Å². The number of methoxy groups -OCH3 is 2. The van der Waals surface area contributed by atoms with Crippen molar-refractivity contribution in [2.75, 3.05) is 37.9 Å². The molecule has 0 radical (unpaired) electrons. The van der Waals surface area contributed by atoms with Gasteiger partial charge < -0.3 is 25.4 Å². The van der Waals surface area contributed by atoms with Crippen LogP contribution in [0.3, 0.4) is 0 Å². The predicted octanol–water partition coefficient (Wildman–Crippen LogP) is 2.53. The third-order valence-corrected chi connectivity index (χ3v) is 4.26. The molecule has 10 nitrogen and oxygen atoms in total. The molecule has 0 saturated heterocycles. The van der Waals surface area contributed by atoms with E-state index in [1.165, 1.54) is 0 Å². The number of nitrogens with zero attached hydrogens (tertiary/aromatic N) is 4. The topological polar surface area (TPSA) is 115 Å². The Labute approximate surface area is 174 Å². The molecular formula is C20H25N7O3. The van der Waals surface area contributed by atoms with E-state index in [2.05, 4.69) is 30.9 Å². The molecule has 10 heteroatoms. The van der Waals surface area contributed by atoms with Crippen LogP contribution in [0.1, 0.15) is 11.6 Å². The van der Waals surface area contributed by atoms with Crippen LogP contribution >= 0.6 is 0 Å². The van der Waals surface area contributed by atoms with E-state index in [-0.39, 0.29) is 6.03 Å². The number of imidazole rings is 1. The van der Waals surface area contributed by atoms with E-state index in [1.807, 2.05) is 30.7 Å². The van der Waals surface area contributed by atoms with Crippen LogP contribution in [0.5, 0.6) is 11.5 Å². The number of carbonyl (C=O) groups is 1. The maximum Gasteiger partial charge on any atom is 0.319 e. The van der Waals surface area contributed by atoms with E-state index in [4.69, 9.17) is 9.47 Å². The number of ether oxygens (including phenoxy) is 2. The summed E-state index contributed by atoms with van der Waals surface area (Å²) >= 11 is 0. The van der Waals surface area contributed by atoms with Crippen molar-refractivity contribution in [3.8, 4) is 17.3 Å². The van der Waals surface area contributed by atoms with Crippen molar-refractivity contribution in [2.45, 2.75) is 13.8 Å². The number of urea groups is 1. The van der Waals surface area contributed by atoms with Crippen molar-refractivity contribution in [1.29, 1.82) is 0 Å². The Balaban J connectivity index is 1.51. The molecular weight excluding hydrogens is 386 g/mol. The fraction of sp³-hybridized carbons (Fsp3) is 0.300. The van der Waals surface area contributed by atoms with Gasteiger partial charge in [0.25, 0.3) is 0 Å². The minimum Gasteiger partial charge on any atom is -0.493 e. The molecule has 2 aromatic heterocycles. The van der Waals surface area contributed by atoms with Crippen LogP contribution in [0.25, 0.3) is 5.82 Å². The van der Waals surface area contributed by atoms with Crippen LogP contribution in [0.2, 0.25) is 0 Å². The van der Waals surface area contributed by atoms with E-state index >= 15 is 0 Å². The van der Waals surface area contributed by atoms with Gasteiger partial charge in [0.1, 0.15) is 23.3 Å². The highest BCUT2D eigenvalue weighted by Crippen LogP contribution is 2.29. The van der Waals surface area contributed by atoms with Gasteiger partial charge in [-0.15, -0.1) is 0 Å². The summed E-state index contributed by atoms with van der Waals surface area (Å²) in [6.07, 6.45) is 3.57. The summed E-state index contributed by atoms with van der Waals surface area (Å²) in [5.74, 6) is 4.03. The summed E-state index contributed by atoms with van der Waals surface area (Å²) < 4.78 is 12.3. The maximum atomic E-state index is 12.1. The maximum absolute atomic E-state index is 12.1. The molecule has 0 saturated carbocycles. The molecule has 1 aromatic carbocycles. The van der Waals surface area contributed by atoms with Gasteiger partial charge in [-0.1, -0.05) is 0 Å². The molecule has 0 spiro atoms. The summed E-state index contributed by atoms with van der Waals surface area (Å²) in [7, 11) is 3.10. The SMILES string of the molecule is COc1ccc(NC(=O)NCCNc2cc(-n3ccnc3C)nc(C)n2)cc1OC. The Morgan fingerprint density at radius 1 is 1.07 bits per heavy atom. The fourth-order valence-electron chi connectivity index (χ4n) is 2.84. The molecule has 2 amide bonds. The van der Waals surface area contributed by atoms with Gasteiger partial charge in [0.05, 0.1) is 14.2 Å². The Bertz CT molecular complexity index is 1020. The zero-order chi connectivity index (χ0) is 21.5. The second-order valence-corrected chi connectivity index (χ2v) is 6.38. The quantitative estimate of drug-likeness (QED) is 0.488. The largest absolute Gasteiger partial charge is 0.493 e. The minimum absolute atomic E-state index is 0.322. The van der Waals surface area contributed by atoms with Gasteiger partial charge in [0, 0.05) is 43.3 Å². The van der Waals surface area contributed by atoms with Crippen LogP contribution in [-0.2, 0) is 0 Å². The Kier molecular flexibility index (Phi) is 6.68. The zero-order valence-corrected chi connectivity index (χ0v) is 17.4. The van der Waals surface area contributed by atoms with Gasteiger partial charge in [0.2, 0.25) is 0 Å². The number of carbonyl (C=O) groups excluding carboxylic acids is 1. The summed E-state index contributed by atoms with van der Waals surface area (Å²) in [5, 5.41) is 8.75. The van der Waals surface area contributed by atoms with Crippen molar-refractivity contribution in [3.63, 3.8) is 0 Å². The van der Waals surface area contributed by atoms with E-state index in [1.54, 1.807) is 38.6 Å². The molecule has 3 N–H and O–H groups in total. The van der Waals surface area contributed by atoms with Crippen LogP contribution in [0, 0.1) is 13.8 Å². The van der Waals surface area contributed by atoms with Crippen LogP contribution < -0.4 is 25.4 Å². The summed E-state index contributed by atoms with van der Waals surface area (Å²) in [6, 6.07) is 6.68. The average molecular weight is 411 g/mol. The Hall–Kier alpha value is -3.82. The zero-order valence-electron chi connectivity index (χ0n) is 17.4. The molecule has 2 heterocycles. The first-order valence-electron chi connectivity index (χ1n) is 9.37. The fourth-order valence-corrected chi connectivity index (χ4v) is 2.84. The second-order valence-electron chi connectivity index (χ2n) is 6.38. The lowest BCUT2D eigenvalue weighted by molar-refractivity contribution is 0.252. The van der Waals surface area contributed by atoms with Gasteiger partial charge in [-0.25, -0.2) is 19.7 Å². The number of nitrogens with one attached hydrogen (secondary N) is 3. The average Bonchev–Trinajstić information content (AvgIpc) is 3.16. The van der Waals surface area contributed by atoms with Crippen molar-refractivity contribution in [2.24, 2.45) is 0 Å². The van der Waals surface area contributed by atoms with Crippen molar-refractivity contribution in [1.82, 2.24) is 24.8 Å². The molecule has 0 unspecified atom stereocenters. The van der Waals surface area contributed by atoms with E-state index < -0.39 is 0 Å². The lowest BCUT2D eigenvalue weighted by Gasteiger charge is -2.12. The molecule has 0 bridgehead atoms. The Morgan fingerprint density at radius 3 is 2.57 bits per heavy atom. The predicted molar refractivity (Wildman–Crippen MR) is 114 cm³/mol. The number of aromatic nitrogens is 4. The molecule has 0 atom stereocenters. The second kappa shape index (κ2) is 9.59. The van der Waals surface area contributed by atoms with Crippen LogP contribution in [0.15, 0.2) is 36.7 Å². The number of anilines is 2. The molecule has 158 valence electrons. The first-order chi connectivity index (χ1) is 14.5. The third-order valence-electron chi connectivity index (χ3n) is 4.26.